The molecule has 2 unspecified atom stereocenters. The van der Waals surface area contributed by atoms with Crippen molar-refractivity contribution in [3.05, 3.63) is 0 Å². The van der Waals surface area contributed by atoms with Gasteiger partial charge in [0.2, 0.25) is 0 Å². The molecule has 2 bridgehead atoms. The quantitative estimate of drug-likeness (QED) is 0.552. The molecular weight excluding hydrogens is 306 g/mol. The Labute approximate surface area is 155 Å². The van der Waals surface area contributed by atoms with Crippen molar-refractivity contribution in [1.29, 1.82) is 15.8 Å². The third kappa shape index (κ3) is 5.75. The van der Waals surface area contributed by atoms with Crippen LogP contribution >= 0.6 is 0 Å². The predicted octanol–water partition coefficient (Wildman–Crippen LogP) is 6.52. The molecule has 0 aromatic rings. The fourth-order valence-electron chi connectivity index (χ4n) is 6.08. The maximum Gasteiger partial charge on any atom is 0.0621 e. The summed E-state index contributed by atoms with van der Waals surface area (Å²) in [5.74, 6) is 0.698. The largest absolute Gasteiger partial charge is 0.198 e. The van der Waals surface area contributed by atoms with Crippen molar-refractivity contribution in [2.75, 3.05) is 0 Å². The first-order valence-corrected chi connectivity index (χ1v) is 9.99. The van der Waals surface area contributed by atoms with E-state index in [1.165, 1.54) is 19.3 Å². The topological polar surface area (TPSA) is 71.4 Å². The average molecular weight is 342 g/mol. The van der Waals surface area contributed by atoms with E-state index in [1.807, 2.05) is 13.8 Å². The van der Waals surface area contributed by atoms with Crippen LogP contribution in [0.4, 0.5) is 0 Å². The summed E-state index contributed by atoms with van der Waals surface area (Å²) in [5, 5.41) is 27.1. The standard InChI is InChI=1S/C20H29N3.C2H6/c1-18(6-3-9-21)12-17-13-19(2,7-4-10-22)16-20(14-17,15-18)8-5-11-23;1-2/h17H,3-8,12-16H2,1-2H3;1-2H3. The minimum absolute atomic E-state index is 0.255. The van der Waals surface area contributed by atoms with Crippen LogP contribution in [0.2, 0.25) is 0 Å². The van der Waals surface area contributed by atoms with Crippen LogP contribution in [-0.2, 0) is 0 Å². The van der Waals surface area contributed by atoms with Crippen LogP contribution in [0.25, 0.3) is 0 Å². The van der Waals surface area contributed by atoms with Gasteiger partial charge >= 0.3 is 0 Å². The Bertz CT molecular complexity index is 508. The summed E-state index contributed by atoms with van der Waals surface area (Å²) < 4.78 is 0. The SMILES string of the molecule is CC.CC1(CCC#N)CC2CC(C)(CCC#N)CC(CCC#N)(C2)C1. The Morgan fingerprint density at radius 3 is 1.52 bits per heavy atom. The van der Waals surface area contributed by atoms with Crippen LogP contribution in [0.3, 0.4) is 0 Å². The molecule has 25 heavy (non-hydrogen) atoms. The van der Waals surface area contributed by atoms with Crippen molar-refractivity contribution in [3.8, 4) is 18.2 Å². The molecule has 2 atom stereocenters. The minimum Gasteiger partial charge on any atom is -0.198 e. The molecule has 0 N–H and O–H groups in total. The van der Waals surface area contributed by atoms with Crippen molar-refractivity contribution in [1.82, 2.24) is 0 Å². The summed E-state index contributed by atoms with van der Waals surface area (Å²) in [7, 11) is 0. The lowest BCUT2D eigenvalue weighted by molar-refractivity contribution is -0.0726. The van der Waals surface area contributed by atoms with Crippen molar-refractivity contribution in [3.63, 3.8) is 0 Å². The van der Waals surface area contributed by atoms with Gasteiger partial charge in [0.15, 0.2) is 0 Å². The second kappa shape index (κ2) is 9.25. The number of fused-ring (bicyclic) bond motifs is 2. The Balaban J connectivity index is 0.00000151. The molecule has 0 heterocycles. The maximum atomic E-state index is 9.10. The average Bonchev–Trinajstić information content (AvgIpc) is 2.57. The summed E-state index contributed by atoms with van der Waals surface area (Å²) in [6.45, 7) is 8.71. The van der Waals surface area contributed by atoms with Gasteiger partial charge in [-0.3, -0.25) is 0 Å². The first kappa shape index (κ1) is 21.5. The first-order valence-electron chi connectivity index (χ1n) is 9.99. The summed E-state index contributed by atoms with van der Waals surface area (Å²) in [6.07, 6.45) is 10.9. The fourth-order valence-corrected chi connectivity index (χ4v) is 6.08. The molecule has 0 aromatic heterocycles. The van der Waals surface area contributed by atoms with E-state index in [4.69, 9.17) is 15.8 Å². The highest BCUT2D eigenvalue weighted by atomic mass is 14.6. The molecule has 0 saturated heterocycles. The minimum atomic E-state index is 0.255. The van der Waals surface area contributed by atoms with Crippen LogP contribution in [0.5, 0.6) is 0 Å². The molecule has 2 aliphatic rings. The van der Waals surface area contributed by atoms with E-state index in [-0.39, 0.29) is 16.2 Å². The number of nitriles is 3. The summed E-state index contributed by atoms with van der Waals surface area (Å²) in [4.78, 5) is 0. The molecule has 138 valence electrons. The van der Waals surface area contributed by atoms with E-state index in [9.17, 15) is 0 Å². The van der Waals surface area contributed by atoms with Gasteiger partial charge < -0.3 is 0 Å². The van der Waals surface area contributed by atoms with Gasteiger partial charge in [0.1, 0.15) is 0 Å². The van der Waals surface area contributed by atoms with Gasteiger partial charge in [-0.1, -0.05) is 27.7 Å². The second-order valence-corrected chi connectivity index (χ2v) is 8.93. The molecule has 2 saturated carbocycles. The Hall–Kier alpha value is -1.53. The highest BCUT2D eigenvalue weighted by Gasteiger charge is 2.52. The third-order valence-corrected chi connectivity index (χ3v) is 6.34. The van der Waals surface area contributed by atoms with E-state index in [1.54, 1.807) is 0 Å². The molecule has 0 spiro atoms. The number of hydrogen-bond donors (Lipinski definition) is 0. The fraction of sp³-hybridized carbons (Fsp3) is 0.864. The lowest BCUT2D eigenvalue weighted by atomic mass is 9.47. The molecule has 2 rings (SSSR count). The zero-order chi connectivity index (χ0) is 19.0. The van der Waals surface area contributed by atoms with Crippen LogP contribution in [-0.4, -0.2) is 0 Å². The first-order chi connectivity index (χ1) is 11.9. The second-order valence-electron chi connectivity index (χ2n) is 8.93. The summed E-state index contributed by atoms with van der Waals surface area (Å²) >= 11 is 0. The van der Waals surface area contributed by atoms with Crippen molar-refractivity contribution < 1.29 is 0 Å². The van der Waals surface area contributed by atoms with E-state index in [0.29, 0.717) is 25.2 Å². The number of hydrogen-bond acceptors (Lipinski definition) is 3. The molecular formula is C22H35N3. The van der Waals surface area contributed by atoms with E-state index in [2.05, 4.69) is 32.1 Å². The van der Waals surface area contributed by atoms with Gasteiger partial charge in [-0.05, 0) is 73.5 Å². The predicted molar refractivity (Wildman–Crippen MR) is 101 cm³/mol. The van der Waals surface area contributed by atoms with E-state index in [0.717, 1.165) is 32.1 Å². The van der Waals surface area contributed by atoms with Gasteiger partial charge in [-0.15, -0.1) is 0 Å². The third-order valence-electron chi connectivity index (χ3n) is 6.34. The number of rotatable bonds is 6. The van der Waals surface area contributed by atoms with E-state index >= 15 is 0 Å². The highest BCUT2D eigenvalue weighted by Crippen LogP contribution is 2.63. The zero-order valence-corrected chi connectivity index (χ0v) is 16.7. The van der Waals surface area contributed by atoms with Crippen LogP contribution in [0.1, 0.15) is 98.3 Å². The van der Waals surface area contributed by atoms with E-state index < -0.39 is 0 Å². The molecule has 2 fully saturated rings. The molecule has 2 aliphatic carbocycles. The van der Waals surface area contributed by atoms with Gasteiger partial charge in [0.05, 0.1) is 18.2 Å². The Kier molecular flexibility index (Phi) is 7.96. The molecule has 0 radical (unpaired) electrons. The molecule has 0 amide bonds. The monoisotopic (exact) mass is 341 g/mol. The summed E-state index contributed by atoms with van der Waals surface area (Å²) in [5.41, 5.74) is 0.765. The van der Waals surface area contributed by atoms with Gasteiger partial charge in [0.25, 0.3) is 0 Å². The molecule has 0 aliphatic heterocycles. The zero-order valence-electron chi connectivity index (χ0n) is 16.7. The van der Waals surface area contributed by atoms with Gasteiger partial charge in [-0.2, -0.15) is 15.8 Å². The van der Waals surface area contributed by atoms with Crippen LogP contribution in [0.15, 0.2) is 0 Å². The maximum absolute atomic E-state index is 9.10. The highest BCUT2D eigenvalue weighted by molar-refractivity contribution is 5.05. The Morgan fingerprint density at radius 2 is 1.12 bits per heavy atom. The van der Waals surface area contributed by atoms with Crippen molar-refractivity contribution >= 4 is 0 Å². The van der Waals surface area contributed by atoms with Crippen molar-refractivity contribution in [2.45, 2.75) is 98.3 Å². The lowest BCUT2D eigenvalue weighted by Crippen LogP contribution is -2.47. The van der Waals surface area contributed by atoms with Crippen LogP contribution in [0, 0.1) is 56.2 Å². The smallest absolute Gasteiger partial charge is 0.0621 e. The number of nitrogens with zero attached hydrogens (tertiary/aromatic N) is 3. The summed E-state index contributed by atoms with van der Waals surface area (Å²) in [6, 6.07) is 6.98. The van der Waals surface area contributed by atoms with Gasteiger partial charge in [-0.25, -0.2) is 0 Å². The normalized spacial score (nSPS) is 36.1. The lowest BCUT2D eigenvalue weighted by Gasteiger charge is -2.58. The Morgan fingerprint density at radius 1 is 0.720 bits per heavy atom. The van der Waals surface area contributed by atoms with Gasteiger partial charge in [0, 0.05) is 19.3 Å². The van der Waals surface area contributed by atoms with Crippen molar-refractivity contribution in [2.24, 2.45) is 22.2 Å². The van der Waals surface area contributed by atoms with Crippen LogP contribution < -0.4 is 0 Å². The molecule has 3 nitrogen and oxygen atoms in total. The molecule has 0 aromatic carbocycles. The molecule has 3 heteroatoms.